The van der Waals surface area contributed by atoms with Crippen LogP contribution in [0.15, 0.2) is 36.4 Å². The molecular weight excluding hydrogens is 332 g/mol. The van der Waals surface area contributed by atoms with E-state index >= 15 is 0 Å². The van der Waals surface area contributed by atoms with Crippen molar-refractivity contribution in [3.63, 3.8) is 0 Å². The third kappa shape index (κ3) is 3.08. The van der Waals surface area contributed by atoms with Gasteiger partial charge in [0.1, 0.15) is 6.23 Å². The average molecular weight is 347 g/mol. The van der Waals surface area contributed by atoms with Crippen molar-refractivity contribution >= 4 is 17.0 Å². The number of hydrogen-bond acceptors (Lipinski definition) is 5. The summed E-state index contributed by atoms with van der Waals surface area (Å²) in [6.07, 6.45) is -4.12. The van der Waals surface area contributed by atoms with E-state index in [-0.39, 0.29) is 11.5 Å². The molecule has 25 heavy (non-hydrogen) atoms. The van der Waals surface area contributed by atoms with E-state index in [4.69, 9.17) is 0 Å². The highest BCUT2D eigenvalue weighted by molar-refractivity contribution is 5.82. The fourth-order valence-electron chi connectivity index (χ4n) is 2.78. The maximum atomic E-state index is 13.1. The van der Waals surface area contributed by atoms with Crippen LogP contribution < -0.4 is 14.8 Å². The minimum absolute atomic E-state index is 0.0619. The highest BCUT2D eigenvalue weighted by Crippen LogP contribution is 2.42. The van der Waals surface area contributed by atoms with Gasteiger partial charge in [0.2, 0.25) is 5.95 Å². The van der Waals surface area contributed by atoms with E-state index in [1.54, 1.807) is 0 Å². The molecule has 1 unspecified atom stereocenters. The summed E-state index contributed by atoms with van der Waals surface area (Å²) >= 11 is 0. The van der Waals surface area contributed by atoms with Crippen LogP contribution in [0.1, 0.15) is 11.1 Å². The quantitative estimate of drug-likeness (QED) is 0.632. The molecule has 0 bridgehead atoms. The number of halogens is 2. The number of aliphatic hydroxyl groups is 1. The largest absolute Gasteiger partial charge is 0.586 e. The highest BCUT2D eigenvalue weighted by Gasteiger charge is 2.43. The highest BCUT2D eigenvalue weighted by atomic mass is 19.3. The zero-order valence-electron chi connectivity index (χ0n) is 13.2. The molecule has 2 heterocycles. The maximum absolute atomic E-state index is 13.1. The van der Waals surface area contributed by atoms with Crippen LogP contribution in [0, 0.1) is 6.92 Å². The minimum atomic E-state index is -3.66. The number of benzene rings is 2. The summed E-state index contributed by atoms with van der Waals surface area (Å²) in [5.41, 5.74) is 3.01. The van der Waals surface area contributed by atoms with E-state index in [2.05, 4.69) is 24.8 Å². The molecule has 2 aromatic carbocycles. The van der Waals surface area contributed by atoms with Gasteiger partial charge >= 0.3 is 6.29 Å². The Morgan fingerprint density at radius 1 is 1.24 bits per heavy atom. The van der Waals surface area contributed by atoms with Gasteiger partial charge < -0.3 is 24.9 Å². The zero-order chi connectivity index (χ0) is 17.6. The summed E-state index contributed by atoms with van der Waals surface area (Å²) < 4.78 is 34.9. The molecular formula is C17H15F2N3O3. The molecule has 1 aromatic heterocycles. The standard InChI is InChI=1S/C17H15F2N3O3/c1-9-4-2-3-5-10(9)6-15(23)22-16-20-11-7-13-14(8-12(11)21-16)25-17(18,19)24-13/h2-5,7-8,15,23H,6H2,1H3,(H2,20,21,22). The monoisotopic (exact) mass is 347 g/mol. The summed E-state index contributed by atoms with van der Waals surface area (Å²) in [5, 5.41) is 13.1. The van der Waals surface area contributed by atoms with Crippen molar-refractivity contribution in [2.75, 3.05) is 5.32 Å². The first kappa shape index (κ1) is 15.6. The predicted octanol–water partition coefficient (Wildman–Crippen LogP) is 3.17. The van der Waals surface area contributed by atoms with Crippen molar-refractivity contribution < 1.29 is 23.4 Å². The molecule has 3 N–H and O–H groups in total. The van der Waals surface area contributed by atoms with Crippen LogP contribution in [0.3, 0.4) is 0 Å². The number of H-pyrrole nitrogens is 1. The maximum Gasteiger partial charge on any atom is 0.586 e. The molecule has 0 spiro atoms. The van der Waals surface area contributed by atoms with E-state index in [1.165, 1.54) is 12.1 Å². The summed E-state index contributed by atoms with van der Waals surface area (Å²) in [7, 11) is 0. The van der Waals surface area contributed by atoms with Crippen LogP contribution in [0.25, 0.3) is 11.0 Å². The van der Waals surface area contributed by atoms with E-state index in [0.717, 1.165) is 11.1 Å². The van der Waals surface area contributed by atoms with Crippen molar-refractivity contribution in [2.24, 2.45) is 0 Å². The molecule has 1 atom stereocenters. The number of nitrogens with zero attached hydrogens (tertiary/aromatic N) is 1. The number of hydrogen-bond donors (Lipinski definition) is 3. The number of ether oxygens (including phenoxy) is 2. The molecule has 0 radical (unpaired) electrons. The Morgan fingerprint density at radius 2 is 1.96 bits per heavy atom. The lowest BCUT2D eigenvalue weighted by molar-refractivity contribution is -0.286. The van der Waals surface area contributed by atoms with Gasteiger partial charge in [-0.3, -0.25) is 0 Å². The van der Waals surface area contributed by atoms with Gasteiger partial charge in [-0.15, -0.1) is 8.78 Å². The molecule has 130 valence electrons. The van der Waals surface area contributed by atoms with Crippen molar-refractivity contribution in [1.29, 1.82) is 0 Å². The molecule has 8 heteroatoms. The number of imidazole rings is 1. The molecule has 3 aromatic rings. The van der Waals surface area contributed by atoms with Gasteiger partial charge in [-0.25, -0.2) is 4.98 Å². The first-order valence-electron chi connectivity index (χ1n) is 7.68. The number of anilines is 1. The second-order valence-electron chi connectivity index (χ2n) is 5.86. The lowest BCUT2D eigenvalue weighted by Crippen LogP contribution is -2.25. The van der Waals surface area contributed by atoms with Crippen LogP contribution in [-0.2, 0) is 6.42 Å². The topological polar surface area (TPSA) is 79.4 Å². The number of alkyl halides is 2. The molecule has 0 saturated heterocycles. The molecule has 6 nitrogen and oxygen atoms in total. The fourth-order valence-corrected chi connectivity index (χ4v) is 2.78. The third-order valence-electron chi connectivity index (χ3n) is 3.98. The molecule has 0 aliphatic carbocycles. The summed E-state index contributed by atoms with van der Waals surface area (Å²) in [5.74, 6) is 0.190. The predicted molar refractivity (Wildman–Crippen MR) is 86.8 cm³/mol. The molecule has 4 rings (SSSR count). The lowest BCUT2D eigenvalue weighted by Gasteiger charge is -2.13. The third-order valence-corrected chi connectivity index (χ3v) is 3.98. The zero-order valence-corrected chi connectivity index (χ0v) is 13.2. The SMILES string of the molecule is Cc1ccccc1CC(O)Nc1nc2cc3c(cc2[nH]1)OC(F)(F)O3. The fraction of sp³-hybridized carbons (Fsp3) is 0.235. The number of aliphatic hydroxyl groups excluding tert-OH is 1. The number of nitrogens with one attached hydrogen (secondary N) is 2. The van der Waals surface area contributed by atoms with Crippen LogP contribution in [-0.4, -0.2) is 27.6 Å². The van der Waals surface area contributed by atoms with E-state index in [0.29, 0.717) is 23.4 Å². The summed E-state index contributed by atoms with van der Waals surface area (Å²) in [4.78, 5) is 7.16. The Bertz CT molecular complexity index is 897. The van der Waals surface area contributed by atoms with Crippen molar-refractivity contribution in [1.82, 2.24) is 9.97 Å². The second-order valence-corrected chi connectivity index (χ2v) is 5.86. The first-order chi connectivity index (χ1) is 11.9. The molecule has 0 fully saturated rings. The van der Waals surface area contributed by atoms with E-state index < -0.39 is 12.5 Å². The summed E-state index contributed by atoms with van der Waals surface area (Å²) in [6.45, 7) is 1.97. The van der Waals surface area contributed by atoms with Gasteiger partial charge in [0.25, 0.3) is 0 Å². The number of aromatic amines is 1. The molecule has 0 amide bonds. The van der Waals surface area contributed by atoms with E-state index in [1.807, 2.05) is 31.2 Å². The van der Waals surface area contributed by atoms with Crippen LogP contribution in [0.4, 0.5) is 14.7 Å². The Labute approximate surface area is 141 Å². The van der Waals surface area contributed by atoms with Crippen LogP contribution in [0.2, 0.25) is 0 Å². The van der Waals surface area contributed by atoms with E-state index in [9.17, 15) is 13.9 Å². The van der Waals surface area contributed by atoms with Gasteiger partial charge in [-0.1, -0.05) is 24.3 Å². The van der Waals surface area contributed by atoms with Gasteiger partial charge in [-0.2, -0.15) is 0 Å². The summed E-state index contributed by atoms with van der Waals surface area (Å²) in [6, 6.07) is 10.5. The van der Waals surface area contributed by atoms with Crippen molar-refractivity contribution in [2.45, 2.75) is 25.9 Å². The van der Waals surface area contributed by atoms with Gasteiger partial charge in [0.05, 0.1) is 11.0 Å². The first-order valence-corrected chi connectivity index (χ1v) is 7.68. The number of fused-ring (bicyclic) bond motifs is 2. The second kappa shape index (κ2) is 5.59. The number of rotatable bonds is 4. The minimum Gasteiger partial charge on any atom is -0.395 e. The Balaban J connectivity index is 1.52. The van der Waals surface area contributed by atoms with Crippen LogP contribution >= 0.6 is 0 Å². The van der Waals surface area contributed by atoms with Gasteiger partial charge in [-0.05, 0) is 18.1 Å². The average Bonchev–Trinajstić information content (AvgIpc) is 3.03. The van der Waals surface area contributed by atoms with Crippen LogP contribution in [0.5, 0.6) is 11.5 Å². The Hall–Kier alpha value is -2.87. The normalized spacial score (nSPS) is 16.2. The smallest absolute Gasteiger partial charge is 0.395 e. The lowest BCUT2D eigenvalue weighted by atomic mass is 10.1. The van der Waals surface area contributed by atoms with Crippen molar-refractivity contribution in [3.05, 3.63) is 47.5 Å². The Kier molecular flexibility index (Phi) is 3.50. The van der Waals surface area contributed by atoms with Gasteiger partial charge in [0.15, 0.2) is 11.5 Å². The molecule has 1 aliphatic rings. The van der Waals surface area contributed by atoms with Gasteiger partial charge in [0, 0.05) is 18.6 Å². The number of aryl methyl sites for hydroxylation is 1. The Morgan fingerprint density at radius 3 is 2.72 bits per heavy atom. The number of aromatic nitrogens is 2. The van der Waals surface area contributed by atoms with Crippen molar-refractivity contribution in [3.8, 4) is 11.5 Å². The molecule has 1 aliphatic heterocycles. The molecule has 0 saturated carbocycles.